The summed E-state index contributed by atoms with van der Waals surface area (Å²) in [5.74, 6) is 1.40. The lowest BCUT2D eigenvalue weighted by atomic mass is 10.2. The lowest BCUT2D eigenvalue weighted by molar-refractivity contribution is -0.130. The first-order chi connectivity index (χ1) is 10.8. The SMILES string of the molecule is COc1ccnc(N2CCN(C(=O)Cc3cccs3)CC2)n1. The molecule has 0 spiro atoms. The van der Waals surface area contributed by atoms with E-state index >= 15 is 0 Å². The average molecular weight is 318 g/mol. The van der Waals surface area contributed by atoms with Crippen molar-refractivity contribution in [3.63, 3.8) is 0 Å². The van der Waals surface area contributed by atoms with E-state index in [1.807, 2.05) is 22.4 Å². The zero-order valence-electron chi connectivity index (χ0n) is 12.4. The number of methoxy groups -OCH3 is 1. The topological polar surface area (TPSA) is 58.6 Å². The molecule has 1 aliphatic rings. The molecule has 0 bridgehead atoms. The molecule has 1 amide bonds. The molecule has 0 atom stereocenters. The number of nitrogens with zero attached hydrogens (tertiary/aromatic N) is 4. The van der Waals surface area contributed by atoms with Gasteiger partial charge in [0.05, 0.1) is 13.5 Å². The monoisotopic (exact) mass is 318 g/mol. The number of carbonyl (C=O) groups excluding carboxylic acids is 1. The third-order valence-electron chi connectivity index (χ3n) is 3.65. The Labute approximate surface area is 133 Å². The van der Waals surface area contributed by atoms with Crippen molar-refractivity contribution in [3.8, 4) is 5.88 Å². The molecular formula is C15H18N4O2S. The van der Waals surface area contributed by atoms with E-state index in [1.54, 1.807) is 30.7 Å². The summed E-state index contributed by atoms with van der Waals surface area (Å²) in [4.78, 5) is 26.0. The second-order valence-corrected chi connectivity index (χ2v) is 6.06. The zero-order chi connectivity index (χ0) is 15.4. The summed E-state index contributed by atoms with van der Waals surface area (Å²) in [6, 6.07) is 5.71. The molecule has 1 aliphatic heterocycles. The smallest absolute Gasteiger partial charge is 0.228 e. The predicted molar refractivity (Wildman–Crippen MR) is 85.4 cm³/mol. The van der Waals surface area contributed by atoms with Gasteiger partial charge >= 0.3 is 0 Å². The first-order valence-electron chi connectivity index (χ1n) is 7.18. The minimum atomic E-state index is 0.189. The van der Waals surface area contributed by atoms with Crippen molar-refractivity contribution in [2.75, 3.05) is 38.2 Å². The van der Waals surface area contributed by atoms with E-state index in [0.717, 1.165) is 18.0 Å². The first-order valence-corrected chi connectivity index (χ1v) is 8.06. The van der Waals surface area contributed by atoms with Gasteiger partial charge in [-0.25, -0.2) is 4.98 Å². The molecule has 0 radical (unpaired) electrons. The standard InChI is InChI=1S/C15H18N4O2S/c1-21-13-4-5-16-15(17-13)19-8-6-18(7-9-19)14(20)11-12-3-2-10-22-12/h2-5,10H,6-9,11H2,1H3. The molecular weight excluding hydrogens is 300 g/mol. The van der Waals surface area contributed by atoms with Gasteiger partial charge in [0.2, 0.25) is 17.7 Å². The fourth-order valence-corrected chi connectivity index (χ4v) is 3.12. The zero-order valence-corrected chi connectivity index (χ0v) is 13.3. The Balaban J connectivity index is 1.56. The van der Waals surface area contributed by atoms with Crippen LogP contribution in [0.1, 0.15) is 4.88 Å². The van der Waals surface area contributed by atoms with Gasteiger partial charge < -0.3 is 14.5 Å². The highest BCUT2D eigenvalue weighted by Gasteiger charge is 2.23. The number of ether oxygens (including phenoxy) is 1. The lowest BCUT2D eigenvalue weighted by Crippen LogP contribution is -2.49. The van der Waals surface area contributed by atoms with Crippen molar-refractivity contribution in [2.45, 2.75) is 6.42 Å². The minimum Gasteiger partial charge on any atom is -0.481 e. The summed E-state index contributed by atoms with van der Waals surface area (Å²) < 4.78 is 5.12. The molecule has 2 aromatic heterocycles. The molecule has 1 saturated heterocycles. The van der Waals surface area contributed by atoms with Gasteiger partial charge in [-0.3, -0.25) is 4.79 Å². The molecule has 6 nitrogen and oxygen atoms in total. The number of aromatic nitrogens is 2. The van der Waals surface area contributed by atoms with Crippen molar-refractivity contribution in [2.24, 2.45) is 0 Å². The van der Waals surface area contributed by atoms with Gasteiger partial charge in [-0.1, -0.05) is 6.07 Å². The number of amides is 1. The van der Waals surface area contributed by atoms with Crippen molar-refractivity contribution in [1.82, 2.24) is 14.9 Å². The van der Waals surface area contributed by atoms with Gasteiger partial charge in [0, 0.05) is 43.3 Å². The molecule has 0 aliphatic carbocycles. The highest BCUT2D eigenvalue weighted by Crippen LogP contribution is 2.16. The Kier molecular flexibility index (Phi) is 4.53. The van der Waals surface area contributed by atoms with Gasteiger partial charge in [0.25, 0.3) is 0 Å². The Morgan fingerprint density at radius 1 is 1.32 bits per heavy atom. The van der Waals surface area contributed by atoms with Crippen LogP contribution >= 0.6 is 11.3 Å². The van der Waals surface area contributed by atoms with Gasteiger partial charge in [0.15, 0.2) is 0 Å². The second kappa shape index (κ2) is 6.74. The average Bonchev–Trinajstić information content (AvgIpc) is 3.08. The van der Waals surface area contributed by atoms with Crippen LogP contribution in [0.3, 0.4) is 0 Å². The first kappa shape index (κ1) is 14.8. The molecule has 3 rings (SSSR count). The van der Waals surface area contributed by atoms with Crippen LogP contribution < -0.4 is 9.64 Å². The summed E-state index contributed by atoms with van der Waals surface area (Å²) in [5, 5.41) is 2.00. The molecule has 7 heteroatoms. The van der Waals surface area contributed by atoms with Crippen molar-refractivity contribution < 1.29 is 9.53 Å². The number of rotatable bonds is 4. The third kappa shape index (κ3) is 3.36. The number of hydrogen-bond donors (Lipinski definition) is 0. The van der Waals surface area contributed by atoms with Gasteiger partial charge in [-0.2, -0.15) is 4.98 Å². The Bertz CT molecular complexity index is 624. The van der Waals surface area contributed by atoms with E-state index in [0.29, 0.717) is 31.3 Å². The van der Waals surface area contributed by atoms with Crippen LogP contribution in [0.5, 0.6) is 5.88 Å². The third-order valence-corrected chi connectivity index (χ3v) is 4.52. The summed E-state index contributed by atoms with van der Waals surface area (Å²) in [5.41, 5.74) is 0. The number of anilines is 1. The Hall–Kier alpha value is -2.15. The van der Waals surface area contributed by atoms with Gasteiger partial charge in [-0.15, -0.1) is 11.3 Å². The van der Waals surface area contributed by atoms with E-state index in [4.69, 9.17) is 4.74 Å². The normalized spacial score (nSPS) is 15.0. The molecule has 0 saturated carbocycles. The van der Waals surface area contributed by atoms with Crippen molar-refractivity contribution in [1.29, 1.82) is 0 Å². The summed E-state index contributed by atoms with van der Waals surface area (Å²) in [6.07, 6.45) is 2.18. The van der Waals surface area contributed by atoms with Gasteiger partial charge in [-0.05, 0) is 11.4 Å². The second-order valence-electron chi connectivity index (χ2n) is 5.02. The number of hydrogen-bond acceptors (Lipinski definition) is 6. The highest BCUT2D eigenvalue weighted by atomic mass is 32.1. The number of piperazine rings is 1. The number of thiophene rings is 1. The van der Waals surface area contributed by atoms with Crippen LogP contribution in [-0.2, 0) is 11.2 Å². The summed E-state index contributed by atoms with van der Waals surface area (Å²) in [6.45, 7) is 2.88. The molecule has 0 unspecified atom stereocenters. The highest BCUT2D eigenvalue weighted by molar-refractivity contribution is 7.10. The molecule has 2 aromatic rings. The molecule has 116 valence electrons. The van der Waals surface area contributed by atoms with E-state index in [9.17, 15) is 4.79 Å². The fourth-order valence-electron chi connectivity index (χ4n) is 2.43. The van der Waals surface area contributed by atoms with Crippen LogP contribution in [0.15, 0.2) is 29.8 Å². The van der Waals surface area contributed by atoms with Crippen molar-refractivity contribution in [3.05, 3.63) is 34.7 Å². The van der Waals surface area contributed by atoms with Crippen molar-refractivity contribution >= 4 is 23.2 Å². The van der Waals surface area contributed by atoms with Crippen LogP contribution in [0.4, 0.5) is 5.95 Å². The van der Waals surface area contributed by atoms with E-state index in [2.05, 4.69) is 14.9 Å². The lowest BCUT2D eigenvalue weighted by Gasteiger charge is -2.34. The van der Waals surface area contributed by atoms with Crippen LogP contribution in [-0.4, -0.2) is 54.1 Å². The van der Waals surface area contributed by atoms with E-state index < -0.39 is 0 Å². The fraction of sp³-hybridized carbons (Fsp3) is 0.400. The molecule has 1 fully saturated rings. The van der Waals surface area contributed by atoms with Crippen LogP contribution in [0.2, 0.25) is 0 Å². The number of carbonyl (C=O) groups is 1. The molecule has 3 heterocycles. The molecule has 0 aromatic carbocycles. The van der Waals surface area contributed by atoms with E-state index in [1.165, 1.54) is 0 Å². The predicted octanol–water partition coefficient (Wildman–Crippen LogP) is 1.44. The van der Waals surface area contributed by atoms with Crippen LogP contribution in [0.25, 0.3) is 0 Å². The minimum absolute atomic E-state index is 0.189. The largest absolute Gasteiger partial charge is 0.481 e. The Morgan fingerprint density at radius 2 is 2.14 bits per heavy atom. The summed E-state index contributed by atoms with van der Waals surface area (Å²) >= 11 is 1.62. The maximum Gasteiger partial charge on any atom is 0.228 e. The maximum absolute atomic E-state index is 12.3. The van der Waals surface area contributed by atoms with Gasteiger partial charge in [0.1, 0.15) is 0 Å². The molecule has 22 heavy (non-hydrogen) atoms. The van der Waals surface area contributed by atoms with E-state index in [-0.39, 0.29) is 5.91 Å². The molecule has 0 N–H and O–H groups in total. The quantitative estimate of drug-likeness (QED) is 0.854. The Morgan fingerprint density at radius 3 is 2.82 bits per heavy atom. The maximum atomic E-state index is 12.3. The van der Waals surface area contributed by atoms with Crippen LogP contribution in [0, 0.1) is 0 Å². The summed E-state index contributed by atoms with van der Waals surface area (Å²) in [7, 11) is 1.59.